The lowest BCUT2D eigenvalue weighted by Gasteiger charge is -2.37. The van der Waals surface area contributed by atoms with Crippen LogP contribution in [0.3, 0.4) is 0 Å². The molecule has 33 heavy (non-hydrogen) atoms. The van der Waals surface area contributed by atoms with Crippen molar-refractivity contribution in [3.8, 4) is 5.75 Å². The monoisotopic (exact) mass is 433 g/mol. The van der Waals surface area contributed by atoms with E-state index in [9.17, 15) is 4.79 Å². The molecule has 0 unspecified atom stereocenters. The van der Waals surface area contributed by atoms with Gasteiger partial charge < -0.3 is 14.1 Å². The molecular formula is C29H23NO3. The molecule has 4 heteroatoms. The summed E-state index contributed by atoms with van der Waals surface area (Å²) < 4.78 is 11.6. The van der Waals surface area contributed by atoms with Gasteiger partial charge in [0.1, 0.15) is 17.9 Å². The van der Waals surface area contributed by atoms with Gasteiger partial charge in [-0.05, 0) is 58.7 Å². The van der Waals surface area contributed by atoms with Crippen molar-refractivity contribution in [1.29, 1.82) is 0 Å². The van der Waals surface area contributed by atoms with Crippen molar-refractivity contribution in [2.45, 2.75) is 19.0 Å². The average molecular weight is 434 g/mol. The van der Waals surface area contributed by atoms with Gasteiger partial charge in [0.25, 0.3) is 5.91 Å². The van der Waals surface area contributed by atoms with Crippen LogP contribution in [0.1, 0.15) is 21.5 Å². The third kappa shape index (κ3) is 3.64. The van der Waals surface area contributed by atoms with Crippen LogP contribution in [0.5, 0.6) is 5.75 Å². The Morgan fingerprint density at radius 1 is 0.879 bits per heavy atom. The van der Waals surface area contributed by atoms with Crippen LogP contribution in [0, 0.1) is 0 Å². The highest BCUT2D eigenvalue weighted by Gasteiger charge is 2.31. The topological polar surface area (TPSA) is 42.7 Å². The normalized spacial score (nSPS) is 15.5. The van der Waals surface area contributed by atoms with E-state index >= 15 is 0 Å². The molecule has 0 saturated heterocycles. The summed E-state index contributed by atoms with van der Waals surface area (Å²) >= 11 is 0. The first-order chi connectivity index (χ1) is 16.3. The molecule has 5 aromatic rings. The molecule has 4 aromatic carbocycles. The number of amides is 1. The van der Waals surface area contributed by atoms with Crippen molar-refractivity contribution in [2.24, 2.45) is 0 Å². The summed E-state index contributed by atoms with van der Waals surface area (Å²) in [4.78, 5) is 15.8. The lowest BCUT2D eigenvalue weighted by atomic mass is 9.93. The van der Waals surface area contributed by atoms with Gasteiger partial charge in [-0.15, -0.1) is 0 Å². The molecule has 2 heterocycles. The molecule has 1 amide bonds. The number of hydrogen-bond donors (Lipinski definition) is 0. The van der Waals surface area contributed by atoms with Gasteiger partial charge >= 0.3 is 0 Å². The van der Waals surface area contributed by atoms with Crippen LogP contribution in [0.25, 0.3) is 21.7 Å². The molecular weight excluding hydrogens is 410 g/mol. The van der Waals surface area contributed by atoms with Gasteiger partial charge in [-0.25, -0.2) is 0 Å². The molecule has 0 aliphatic carbocycles. The Kier molecular flexibility index (Phi) is 4.84. The summed E-state index contributed by atoms with van der Waals surface area (Å²) in [5.74, 6) is 0.820. The van der Waals surface area contributed by atoms with Crippen LogP contribution in [-0.2, 0) is 13.0 Å². The Bertz CT molecular complexity index is 1460. The molecule has 1 aromatic heterocycles. The molecule has 1 aliphatic rings. The number of carbonyl (C=O) groups is 1. The van der Waals surface area contributed by atoms with Crippen LogP contribution in [0.15, 0.2) is 102 Å². The summed E-state index contributed by atoms with van der Waals surface area (Å²) in [6.07, 6.45) is 2.44. The minimum atomic E-state index is -0.0635. The molecule has 1 aliphatic heterocycles. The van der Waals surface area contributed by atoms with Gasteiger partial charge in [0.2, 0.25) is 0 Å². The second-order valence-electron chi connectivity index (χ2n) is 8.52. The van der Waals surface area contributed by atoms with E-state index in [1.165, 1.54) is 11.1 Å². The maximum Gasteiger partial charge on any atom is 0.255 e. The third-order valence-electron chi connectivity index (χ3n) is 6.50. The van der Waals surface area contributed by atoms with Gasteiger partial charge in [-0.3, -0.25) is 4.79 Å². The third-order valence-corrected chi connectivity index (χ3v) is 6.50. The van der Waals surface area contributed by atoms with Crippen molar-refractivity contribution in [3.05, 3.63) is 114 Å². The first-order valence-electron chi connectivity index (χ1n) is 11.2. The van der Waals surface area contributed by atoms with Crippen molar-refractivity contribution in [2.75, 3.05) is 6.61 Å². The van der Waals surface area contributed by atoms with Gasteiger partial charge in [0.15, 0.2) is 0 Å². The maximum absolute atomic E-state index is 13.8. The average Bonchev–Trinajstić information content (AvgIpc) is 3.34. The molecule has 6 rings (SSSR count). The zero-order valence-electron chi connectivity index (χ0n) is 18.1. The first-order valence-corrected chi connectivity index (χ1v) is 11.2. The summed E-state index contributed by atoms with van der Waals surface area (Å²) in [6, 6.07) is 30.0. The zero-order valence-corrected chi connectivity index (χ0v) is 18.1. The zero-order chi connectivity index (χ0) is 22.2. The van der Waals surface area contributed by atoms with Gasteiger partial charge in [0, 0.05) is 17.5 Å². The molecule has 1 atom stereocenters. The van der Waals surface area contributed by atoms with E-state index in [0.29, 0.717) is 13.2 Å². The van der Waals surface area contributed by atoms with Crippen LogP contribution in [0.2, 0.25) is 0 Å². The van der Waals surface area contributed by atoms with Gasteiger partial charge in [-0.1, -0.05) is 60.7 Å². The predicted octanol–water partition coefficient (Wildman–Crippen LogP) is 6.23. The Hall–Kier alpha value is -4.05. The fourth-order valence-corrected chi connectivity index (χ4v) is 4.77. The molecule has 162 valence electrons. The van der Waals surface area contributed by atoms with Crippen LogP contribution < -0.4 is 4.74 Å². The number of rotatable bonds is 4. The standard InChI is InChI=1S/C29H23NO3/c31-29(27-11-5-9-20-6-3-4-10-26(20)27)30-18-23-8-2-1-7-21(23)16-24(30)19-33-25-12-13-28-22(17-25)14-15-32-28/h1-15,17,24H,16,18-19H2/t24-/m0/s1. The molecule has 0 fully saturated rings. The Morgan fingerprint density at radius 2 is 1.70 bits per heavy atom. The van der Waals surface area contributed by atoms with Crippen LogP contribution in [-0.4, -0.2) is 23.5 Å². The van der Waals surface area contributed by atoms with E-state index in [1.807, 2.05) is 77.7 Å². The lowest BCUT2D eigenvalue weighted by Crippen LogP contribution is -2.47. The number of nitrogens with zero attached hydrogens (tertiary/aromatic N) is 1. The van der Waals surface area contributed by atoms with Crippen molar-refractivity contribution in [1.82, 2.24) is 4.90 Å². The first kappa shape index (κ1) is 19.6. The predicted molar refractivity (Wildman–Crippen MR) is 129 cm³/mol. The second-order valence-corrected chi connectivity index (χ2v) is 8.52. The minimum absolute atomic E-state index is 0.0418. The van der Waals surface area contributed by atoms with Crippen molar-refractivity contribution in [3.63, 3.8) is 0 Å². The number of fused-ring (bicyclic) bond motifs is 3. The van der Waals surface area contributed by atoms with E-state index in [4.69, 9.17) is 9.15 Å². The molecule has 0 spiro atoms. The largest absolute Gasteiger partial charge is 0.491 e. The van der Waals surface area contributed by atoms with Crippen LogP contribution in [0.4, 0.5) is 0 Å². The van der Waals surface area contributed by atoms with E-state index in [1.54, 1.807) is 6.26 Å². The number of benzene rings is 4. The summed E-state index contributed by atoms with van der Waals surface area (Å²) in [6.45, 7) is 1.00. The van der Waals surface area contributed by atoms with Crippen molar-refractivity contribution >= 4 is 27.6 Å². The fraction of sp³-hybridized carbons (Fsp3) is 0.138. The van der Waals surface area contributed by atoms with E-state index in [-0.39, 0.29) is 11.9 Å². The van der Waals surface area contributed by atoms with E-state index in [0.717, 1.165) is 39.5 Å². The van der Waals surface area contributed by atoms with Gasteiger partial charge in [-0.2, -0.15) is 0 Å². The summed E-state index contributed by atoms with van der Waals surface area (Å²) in [5.41, 5.74) is 4.04. The fourth-order valence-electron chi connectivity index (χ4n) is 4.77. The number of ether oxygens (including phenoxy) is 1. The molecule has 0 bridgehead atoms. The number of carbonyl (C=O) groups excluding carboxylic acids is 1. The molecule has 4 nitrogen and oxygen atoms in total. The van der Waals surface area contributed by atoms with E-state index in [2.05, 4.69) is 18.2 Å². The SMILES string of the molecule is O=C(c1cccc2ccccc12)N1Cc2ccccc2C[C@H]1COc1ccc2occc2c1. The molecule has 0 saturated carbocycles. The Morgan fingerprint density at radius 3 is 2.64 bits per heavy atom. The van der Waals surface area contributed by atoms with E-state index < -0.39 is 0 Å². The highest BCUT2D eigenvalue weighted by atomic mass is 16.5. The highest BCUT2D eigenvalue weighted by Crippen LogP contribution is 2.29. The quantitative estimate of drug-likeness (QED) is 0.337. The smallest absolute Gasteiger partial charge is 0.255 e. The summed E-state index contributed by atoms with van der Waals surface area (Å²) in [5, 5.41) is 3.06. The molecule has 0 N–H and O–H groups in total. The number of furan rings is 1. The highest BCUT2D eigenvalue weighted by molar-refractivity contribution is 6.07. The second kappa shape index (κ2) is 8.14. The van der Waals surface area contributed by atoms with Crippen LogP contribution >= 0.6 is 0 Å². The maximum atomic E-state index is 13.8. The molecule has 0 radical (unpaired) electrons. The van der Waals surface area contributed by atoms with Crippen molar-refractivity contribution < 1.29 is 13.9 Å². The Labute approximate surface area is 192 Å². The minimum Gasteiger partial charge on any atom is -0.491 e. The number of hydrogen-bond acceptors (Lipinski definition) is 3. The Balaban J connectivity index is 1.32. The lowest BCUT2D eigenvalue weighted by molar-refractivity contribution is 0.0568. The summed E-state index contributed by atoms with van der Waals surface area (Å²) in [7, 11) is 0. The van der Waals surface area contributed by atoms with Gasteiger partial charge in [0.05, 0.1) is 12.3 Å².